The molecule has 0 aliphatic heterocycles. The third-order valence-corrected chi connectivity index (χ3v) is 3.78. The molecule has 0 saturated carbocycles. The van der Waals surface area contributed by atoms with Crippen LogP contribution in [0.15, 0.2) is 48.5 Å². The maximum Gasteiger partial charge on any atom is 0.0991 e. The molecule has 0 spiro atoms. The lowest BCUT2D eigenvalue weighted by molar-refractivity contribution is 0.558. The van der Waals surface area contributed by atoms with Crippen molar-refractivity contribution in [1.29, 1.82) is 5.26 Å². The molecule has 2 N–H and O–H groups in total. The van der Waals surface area contributed by atoms with E-state index in [1.807, 2.05) is 62.5 Å². The number of nitrogens with two attached hydrogens (primary N) is 1. The van der Waals surface area contributed by atoms with Gasteiger partial charge in [0, 0.05) is 23.8 Å². The van der Waals surface area contributed by atoms with Gasteiger partial charge in [-0.25, -0.2) is 0 Å². The fraction of sp³-hybridized carbons (Fsp3) is 0.235. The smallest absolute Gasteiger partial charge is 0.0991 e. The zero-order valence-corrected chi connectivity index (χ0v) is 12.9. The lowest BCUT2D eigenvalue weighted by Gasteiger charge is -2.33. The van der Waals surface area contributed by atoms with Gasteiger partial charge in [-0.3, -0.25) is 0 Å². The van der Waals surface area contributed by atoms with Gasteiger partial charge in [0.25, 0.3) is 0 Å². The van der Waals surface area contributed by atoms with Crippen LogP contribution in [0, 0.1) is 11.3 Å². The number of halogens is 1. The van der Waals surface area contributed by atoms with Crippen LogP contribution in [0.25, 0.3) is 0 Å². The summed E-state index contributed by atoms with van der Waals surface area (Å²) in [4.78, 5) is 2.12. The average Bonchev–Trinajstić information content (AvgIpc) is 2.49. The Labute approximate surface area is 130 Å². The Morgan fingerprint density at radius 1 is 1.10 bits per heavy atom. The molecule has 0 aromatic heterocycles. The van der Waals surface area contributed by atoms with Crippen molar-refractivity contribution >= 4 is 17.3 Å². The highest BCUT2D eigenvalue weighted by Crippen LogP contribution is 2.28. The van der Waals surface area contributed by atoms with Crippen LogP contribution in [0.1, 0.15) is 24.1 Å². The summed E-state index contributed by atoms with van der Waals surface area (Å²) in [5, 5.41) is 9.58. The molecule has 0 saturated heterocycles. The Morgan fingerprint density at radius 2 is 1.67 bits per heavy atom. The molecular formula is C17H18ClN3. The third kappa shape index (κ3) is 3.55. The van der Waals surface area contributed by atoms with E-state index in [1.165, 1.54) is 0 Å². The van der Waals surface area contributed by atoms with Gasteiger partial charge in [-0.05, 0) is 48.9 Å². The van der Waals surface area contributed by atoms with Crippen molar-refractivity contribution in [1.82, 2.24) is 0 Å². The summed E-state index contributed by atoms with van der Waals surface area (Å²) >= 11 is 5.95. The molecule has 2 unspecified atom stereocenters. The molecule has 3 nitrogen and oxygen atoms in total. The third-order valence-electron chi connectivity index (χ3n) is 3.53. The molecule has 0 amide bonds. The number of hydrogen-bond acceptors (Lipinski definition) is 3. The highest BCUT2D eigenvalue weighted by atomic mass is 35.5. The van der Waals surface area contributed by atoms with Gasteiger partial charge in [-0.1, -0.05) is 23.7 Å². The number of benzene rings is 2. The van der Waals surface area contributed by atoms with Gasteiger partial charge in [-0.15, -0.1) is 0 Å². The topological polar surface area (TPSA) is 53.0 Å². The first-order valence-electron chi connectivity index (χ1n) is 6.77. The predicted octanol–water partition coefficient (Wildman–Crippen LogP) is 3.74. The summed E-state index contributed by atoms with van der Waals surface area (Å²) in [6.45, 7) is 1.99. The van der Waals surface area contributed by atoms with E-state index >= 15 is 0 Å². The van der Waals surface area contributed by atoms with E-state index in [9.17, 15) is 0 Å². The summed E-state index contributed by atoms with van der Waals surface area (Å²) in [6, 6.07) is 17.3. The maximum absolute atomic E-state index is 8.87. The molecule has 0 aliphatic rings. The van der Waals surface area contributed by atoms with Crippen LogP contribution >= 0.6 is 11.6 Å². The molecule has 2 atom stereocenters. The van der Waals surface area contributed by atoms with Crippen LogP contribution in [0.4, 0.5) is 5.69 Å². The molecule has 0 bridgehead atoms. The Morgan fingerprint density at radius 3 is 2.14 bits per heavy atom. The van der Waals surface area contributed by atoms with E-state index in [0.29, 0.717) is 10.6 Å². The predicted molar refractivity (Wildman–Crippen MR) is 87.4 cm³/mol. The highest BCUT2D eigenvalue weighted by molar-refractivity contribution is 6.30. The molecule has 2 aromatic carbocycles. The van der Waals surface area contributed by atoms with Gasteiger partial charge in [0.1, 0.15) is 0 Å². The van der Waals surface area contributed by atoms with Crippen molar-refractivity contribution in [2.24, 2.45) is 5.73 Å². The first-order valence-corrected chi connectivity index (χ1v) is 7.14. The summed E-state index contributed by atoms with van der Waals surface area (Å²) in [7, 11) is 2.00. The van der Waals surface area contributed by atoms with Crippen molar-refractivity contribution in [3.63, 3.8) is 0 Å². The first-order chi connectivity index (χ1) is 10.0. The molecule has 2 rings (SSSR count). The van der Waals surface area contributed by atoms with Gasteiger partial charge in [0.05, 0.1) is 17.7 Å². The van der Waals surface area contributed by atoms with Crippen LogP contribution in [0.2, 0.25) is 5.02 Å². The number of likely N-dealkylation sites (N-methyl/N-ethyl adjacent to an activating group) is 1. The van der Waals surface area contributed by atoms with E-state index in [2.05, 4.69) is 11.0 Å². The largest absolute Gasteiger partial charge is 0.366 e. The van der Waals surface area contributed by atoms with Crippen LogP contribution < -0.4 is 10.6 Å². The van der Waals surface area contributed by atoms with Crippen molar-refractivity contribution in [3.8, 4) is 6.07 Å². The molecule has 108 valence electrons. The maximum atomic E-state index is 8.87. The number of nitriles is 1. The van der Waals surface area contributed by atoms with Gasteiger partial charge < -0.3 is 10.6 Å². The minimum atomic E-state index is -0.0492. The highest BCUT2D eigenvalue weighted by Gasteiger charge is 2.21. The molecule has 2 aromatic rings. The second-order valence-corrected chi connectivity index (χ2v) is 5.56. The van der Waals surface area contributed by atoms with Crippen molar-refractivity contribution < 1.29 is 0 Å². The van der Waals surface area contributed by atoms with E-state index in [-0.39, 0.29) is 12.1 Å². The SMILES string of the molecule is CC(N)C(c1ccc(Cl)cc1)N(C)c1ccc(C#N)cc1. The van der Waals surface area contributed by atoms with Gasteiger partial charge in [0.2, 0.25) is 0 Å². The first kappa shape index (κ1) is 15.4. The minimum Gasteiger partial charge on any atom is -0.366 e. The Bertz CT molecular complexity index is 627. The Hall–Kier alpha value is -2.02. The normalized spacial score (nSPS) is 13.3. The fourth-order valence-electron chi connectivity index (χ4n) is 2.47. The minimum absolute atomic E-state index is 0.0372. The van der Waals surface area contributed by atoms with Crippen LogP contribution in [0.5, 0.6) is 0 Å². The molecule has 0 heterocycles. The van der Waals surface area contributed by atoms with E-state index < -0.39 is 0 Å². The van der Waals surface area contributed by atoms with Crippen LogP contribution in [0.3, 0.4) is 0 Å². The number of anilines is 1. The summed E-state index contributed by atoms with van der Waals surface area (Å²) in [5.74, 6) is 0. The van der Waals surface area contributed by atoms with Gasteiger partial charge in [-0.2, -0.15) is 5.26 Å². The standard InChI is InChI=1S/C17H18ClN3/c1-12(20)17(14-5-7-15(18)8-6-14)21(2)16-9-3-13(11-19)4-10-16/h3-10,12,17H,20H2,1-2H3. The van der Waals surface area contributed by atoms with Gasteiger partial charge >= 0.3 is 0 Å². The van der Waals surface area contributed by atoms with Crippen molar-refractivity contribution in [2.45, 2.75) is 19.0 Å². The second kappa shape index (κ2) is 6.62. The van der Waals surface area contributed by atoms with E-state index in [1.54, 1.807) is 0 Å². The molecule has 0 fully saturated rings. The lowest BCUT2D eigenvalue weighted by atomic mass is 9.99. The average molecular weight is 300 g/mol. The molecular weight excluding hydrogens is 282 g/mol. The molecule has 0 aliphatic carbocycles. The Balaban J connectivity index is 2.33. The van der Waals surface area contributed by atoms with Crippen molar-refractivity contribution in [2.75, 3.05) is 11.9 Å². The number of nitrogens with zero attached hydrogens (tertiary/aromatic N) is 2. The van der Waals surface area contributed by atoms with Crippen LogP contribution in [-0.2, 0) is 0 Å². The van der Waals surface area contributed by atoms with E-state index in [4.69, 9.17) is 22.6 Å². The summed E-state index contributed by atoms with van der Waals surface area (Å²) in [6.07, 6.45) is 0. The molecule has 0 radical (unpaired) electrons. The van der Waals surface area contributed by atoms with E-state index in [0.717, 1.165) is 11.3 Å². The van der Waals surface area contributed by atoms with Crippen LogP contribution in [-0.4, -0.2) is 13.1 Å². The quantitative estimate of drug-likeness (QED) is 0.935. The summed E-state index contributed by atoms with van der Waals surface area (Å²) in [5.41, 5.74) is 8.96. The molecule has 4 heteroatoms. The van der Waals surface area contributed by atoms with Gasteiger partial charge in [0.15, 0.2) is 0 Å². The van der Waals surface area contributed by atoms with Crippen molar-refractivity contribution in [3.05, 3.63) is 64.7 Å². The number of hydrogen-bond donors (Lipinski definition) is 1. The Kier molecular flexibility index (Phi) is 4.85. The zero-order valence-electron chi connectivity index (χ0n) is 12.1. The lowest BCUT2D eigenvalue weighted by Crippen LogP contribution is -2.37. The fourth-order valence-corrected chi connectivity index (χ4v) is 2.60. The number of rotatable bonds is 4. The summed E-state index contributed by atoms with van der Waals surface area (Å²) < 4.78 is 0. The second-order valence-electron chi connectivity index (χ2n) is 5.13. The zero-order chi connectivity index (χ0) is 15.4. The molecule has 21 heavy (non-hydrogen) atoms. The monoisotopic (exact) mass is 299 g/mol.